The summed E-state index contributed by atoms with van der Waals surface area (Å²) in [7, 11) is 1.32. The normalized spacial score (nSPS) is 12.7. The van der Waals surface area contributed by atoms with E-state index in [9.17, 15) is 4.79 Å². The third-order valence-electron chi connectivity index (χ3n) is 2.29. The van der Waals surface area contributed by atoms with Crippen molar-refractivity contribution >= 4 is 17.6 Å². The molecule has 3 nitrogen and oxygen atoms in total. The highest BCUT2D eigenvalue weighted by molar-refractivity contribution is 6.31. The van der Waals surface area contributed by atoms with Crippen molar-refractivity contribution in [1.29, 1.82) is 0 Å². The Morgan fingerprint density at radius 3 is 2.81 bits per heavy atom. The fourth-order valence-corrected chi connectivity index (χ4v) is 1.62. The minimum atomic E-state index is -0.435. The van der Waals surface area contributed by atoms with Gasteiger partial charge in [0.05, 0.1) is 18.9 Å². The van der Waals surface area contributed by atoms with Gasteiger partial charge in [0.25, 0.3) is 0 Å². The average Bonchev–Trinajstić information content (AvgIpc) is 2.28. The lowest BCUT2D eigenvalue weighted by atomic mass is 9.96. The van der Waals surface area contributed by atoms with Crippen molar-refractivity contribution in [3.05, 3.63) is 46.7 Å². The lowest BCUT2D eigenvalue weighted by Crippen LogP contribution is -2.07. The van der Waals surface area contributed by atoms with Crippen LogP contribution in [0.1, 0.15) is 28.8 Å². The predicted molar refractivity (Wildman–Crippen MR) is 63.0 cm³/mol. The minimum Gasteiger partial charge on any atom is -0.516 e. The van der Waals surface area contributed by atoms with Crippen LogP contribution in [0.15, 0.2) is 30.5 Å². The first kappa shape index (κ1) is 12.6. The molecule has 86 valence electrons. The van der Waals surface area contributed by atoms with E-state index in [1.807, 2.05) is 6.92 Å². The molecule has 0 radical (unpaired) electrons. The zero-order valence-corrected chi connectivity index (χ0v) is 9.86. The molecule has 0 aliphatic heterocycles. The average molecular weight is 241 g/mol. The molecule has 0 aliphatic carbocycles. The largest absolute Gasteiger partial charge is 0.516 e. The number of esters is 1. The van der Waals surface area contributed by atoms with Crippen LogP contribution in [0.2, 0.25) is 5.02 Å². The SMILES string of the molecule is COC(=O)c1cc(Cl)ccc1C(C)/C=C/O. The van der Waals surface area contributed by atoms with Crippen molar-refractivity contribution in [1.82, 2.24) is 0 Å². The van der Waals surface area contributed by atoms with Crippen LogP contribution >= 0.6 is 11.6 Å². The van der Waals surface area contributed by atoms with Crippen molar-refractivity contribution in [2.45, 2.75) is 12.8 Å². The molecule has 1 unspecified atom stereocenters. The van der Waals surface area contributed by atoms with Crippen molar-refractivity contribution < 1.29 is 14.6 Å². The third-order valence-corrected chi connectivity index (χ3v) is 2.52. The maximum absolute atomic E-state index is 11.5. The molecule has 0 saturated carbocycles. The quantitative estimate of drug-likeness (QED) is 0.651. The van der Waals surface area contributed by atoms with E-state index in [4.69, 9.17) is 16.7 Å². The van der Waals surface area contributed by atoms with Gasteiger partial charge in [0.1, 0.15) is 0 Å². The molecule has 0 saturated heterocycles. The molecular formula is C12H13ClO3. The Hall–Kier alpha value is -1.48. The summed E-state index contributed by atoms with van der Waals surface area (Å²) in [4.78, 5) is 11.5. The van der Waals surface area contributed by atoms with E-state index in [0.29, 0.717) is 10.6 Å². The van der Waals surface area contributed by atoms with Crippen LogP contribution in [0, 0.1) is 0 Å². The van der Waals surface area contributed by atoms with Gasteiger partial charge >= 0.3 is 5.97 Å². The Labute approximate surface area is 99.3 Å². The van der Waals surface area contributed by atoms with Gasteiger partial charge < -0.3 is 9.84 Å². The highest BCUT2D eigenvalue weighted by Crippen LogP contribution is 2.24. The second kappa shape index (κ2) is 5.56. The summed E-state index contributed by atoms with van der Waals surface area (Å²) in [6.45, 7) is 1.86. The van der Waals surface area contributed by atoms with Crippen LogP contribution in [-0.2, 0) is 4.74 Å². The Balaban J connectivity index is 3.22. The summed E-state index contributed by atoms with van der Waals surface area (Å²) in [5.74, 6) is -0.521. The second-order valence-electron chi connectivity index (χ2n) is 3.35. The Bertz CT molecular complexity index is 413. The topological polar surface area (TPSA) is 46.5 Å². The van der Waals surface area contributed by atoms with Gasteiger partial charge in [-0.3, -0.25) is 0 Å². The number of hydrogen-bond donors (Lipinski definition) is 1. The highest BCUT2D eigenvalue weighted by atomic mass is 35.5. The summed E-state index contributed by atoms with van der Waals surface area (Å²) in [6.07, 6.45) is 2.54. The molecule has 0 heterocycles. The molecule has 0 aliphatic rings. The van der Waals surface area contributed by atoms with E-state index >= 15 is 0 Å². The van der Waals surface area contributed by atoms with Gasteiger partial charge in [-0.2, -0.15) is 0 Å². The van der Waals surface area contributed by atoms with Gasteiger partial charge in [0.15, 0.2) is 0 Å². The van der Waals surface area contributed by atoms with E-state index in [-0.39, 0.29) is 5.92 Å². The van der Waals surface area contributed by atoms with Crippen LogP contribution in [0.4, 0.5) is 0 Å². The van der Waals surface area contributed by atoms with Crippen molar-refractivity contribution in [2.24, 2.45) is 0 Å². The Morgan fingerprint density at radius 1 is 1.56 bits per heavy atom. The zero-order valence-electron chi connectivity index (χ0n) is 9.11. The van der Waals surface area contributed by atoms with Crippen LogP contribution in [0.5, 0.6) is 0 Å². The first-order chi connectivity index (χ1) is 7.60. The molecule has 0 amide bonds. The molecule has 1 atom stereocenters. The fourth-order valence-electron chi connectivity index (χ4n) is 1.45. The molecule has 1 aromatic rings. The fraction of sp³-hybridized carbons (Fsp3) is 0.250. The molecule has 1 aromatic carbocycles. The molecule has 4 heteroatoms. The van der Waals surface area contributed by atoms with E-state index in [1.54, 1.807) is 24.3 Å². The summed E-state index contributed by atoms with van der Waals surface area (Å²) >= 11 is 5.82. The summed E-state index contributed by atoms with van der Waals surface area (Å²) < 4.78 is 4.68. The van der Waals surface area contributed by atoms with Crippen molar-refractivity contribution in [2.75, 3.05) is 7.11 Å². The molecule has 1 rings (SSSR count). The van der Waals surface area contributed by atoms with Crippen LogP contribution in [0.25, 0.3) is 0 Å². The number of allylic oxidation sites excluding steroid dienone is 1. The lowest BCUT2D eigenvalue weighted by Gasteiger charge is -2.11. The van der Waals surface area contributed by atoms with E-state index in [1.165, 1.54) is 7.11 Å². The van der Waals surface area contributed by atoms with Crippen molar-refractivity contribution in [3.63, 3.8) is 0 Å². The Morgan fingerprint density at radius 2 is 2.25 bits per heavy atom. The molecule has 16 heavy (non-hydrogen) atoms. The first-order valence-corrected chi connectivity index (χ1v) is 5.16. The second-order valence-corrected chi connectivity index (χ2v) is 3.79. The molecule has 0 aromatic heterocycles. The first-order valence-electron chi connectivity index (χ1n) is 4.78. The van der Waals surface area contributed by atoms with Gasteiger partial charge in [0.2, 0.25) is 0 Å². The standard InChI is InChI=1S/C12H13ClO3/c1-8(5-6-14)10-4-3-9(13)7-11(10)12(15)16-2/h3-8,14H,1-2H3/b6-5+. The maximum atomic E-state index is 11.5. The number of aliphatic hydroxyl groups excluding tert-OH is 1. The van der Waals surface area contributed by atoms with Crippen LogP contribution in [-0.4, -0.2) is 18.2 Å². The van der Waals surface area contributed by atoms with Crippen LogP contribution in [0.3, 0.4) is 0 Å². The Kier molecular flexibility index (Phi) is 4.38. The van der Waals surface area contributed by atoms with Crippen LogP contribution < -0.4 is 0 Å². The van der Waals surface area contributed by atoms with E-state index in [2.05, 4.69) is 4.74 Å². The number of aliphatic hydroxyl groups is 1. The number of benzene rings is 1. The van der Waals surface area contributed by atoms with E-state index < -0.39 is 5.97 Å². The number of rotatable bonds is 3. The molecule has 0 bridgehead atoms. The number of ether oxygens (including phenoxy) is 1. The number of carbonyl (C=O) groups excluding carboxylic acids is 1. The molecule has 1 N–H and O–H groups in total. The minimum absolute atomic E-state index is 0.0867. The van der Waals surface area contributed by atoms with Gasteiger partial charge in [-0.05, 0) is 23.8 Å². The number of halogens is 1. The van der Waals surface area contributed by atoms with Gasteiger partial charge in [0, 0.05) is 10.9 Å². The summed E-state index contributed by atoms with van der Waals surface area (Å²) in [5.41, 5.74) is 1.18. The number of carbonyl (C=O) groups is 1. The van der Waals surface area contributed by atoms with Crippen molar-refractivity contribution in [3.8, 4) is 0 Å². The highest BCUT2D eigenvalue weighted by Gasteiger charge is 2.15. The molecular weight excluding hydrogens is 228 g/mol. The predicted octanol–water partition coefficient (Wildman–Crippen LogP) is 3.30. The molecule has 0 fully saturated rings. The number of methoxy groups -OCH3 is 1. The summed E-state index contributed by atoms with van der Waals surface area (Å²) in [6, 6.07) is 5.01. The third kappa shape index (κ3) is 2.76. The number of hydrogen-bond acceptors (Lipinski definition) is 3. The monoisotopic (exact) mass is 240 g/mol. The smallest absolute Gasteiger partial charge is 0.338 e. The lowest BCUT2D eigenvalue weighted by molar-refractivity contribution is 0.0599. The summed E-state index contributed by atoms with van der Waals surface area (Å²) in [5, 5.41) is 9.19. The van der Waals surface area contributed by atoms with E-state index in [0.717, 1.165) is 11.8 Å². The maximum Gasteiger partial charge on any atom is 0.338 e. The van der Waals surface area contributed by atoms with Gasteiger partial charge in [-0.1, -0.05) is 24.6 Å². The zero-order chi connectivity index (χ0) is 12.1. The van der Waals surface area contributed by atoms with Gasteiger partial charge in [-0.25, -0.2) is 4.79 Å². The molecule has 0 spiro atoms. The van der Waals surface area contributed by atoms with Gasteiger partial charge in [-0.15, -0.1) is 0 Å².